The van der Waals surface area contributed by atoms with E-state index in [-0.39, 0.29) is 11.8 Å². The topological polar surface area (TPSA) is 51.1 Å². The van der Waals surface area contributed by atoms with Gasteiger partial charge in [0.2, 0.25) is 0 Å². The summed E-state index contributed by atoms with van der Waals surface area (Å²) in [6.45, 7) is 0. The van der Waals surface area contributed by atoms with E-state index in [1.807, 2.05) is 36.0 Å². The van der Waals surface area contributed by atoms with Gasteiger partial charge in [-0.15, -0.1) is 0 Å². The van der Waals surface area contributed by atoms with Gasteiger partial charge < -0.3 is 4.57 Å². The first-order valence-corrected chi connectivity index (χ1v) is 5.95. The molecule has 0 radical (unpaired) electrons. The summed E-state index contributed by atoms with van der Waals surface area (Å²) in [6, 6.07) is 10.9. The number of rotatable bonds is 1. The van der Waals surface area contributed by atoms with Crippen molar-refractivity contribution in [1.82, 2.24) is 9.88 Å². The number of nitrogens with one attached hydrogen (secondary N) is 1. The van der Waals surface area contributed by atoms with Crippen LogP contribution in [0.15, 0.2) is 42.6 Å². The average Bonchev–Trinajstić information content (AvgIpc) is 2.80. The highest BCUT2D eigenvalue weighted by molar-refractivity contribution is 6.33. The highest BCUT2D eigenvalue weighted by atomic mass is 16.2. The molecule has 4 nitrogen and oxygen atoms in total. The van der Waals surface area contributed by atoms with Gasteiger partial charge >= 0.3 is 0 Å². The number of fused-ring (bicyclic) bond motifs is 1. The molecule has 0 saturated heterocycles. The monoisotopic (exact) mass is 252 g/mol. The molecule has 0 unspecified atom stereocenters. The van der Waals surface area contributed by atoms with E-state index in [4.69, 9.17) is 0 Å². The molecular formula is C15H12N2O2. The minimum absolute atomic E-state index is 0.343. The van der Waals surface area contributed by atoms with Gasteiger partial charge in [-0.25, -0.2) is 0 Å². The third-order valence-electron chi connectivity index (χ3n) is 3.21. The summed E-state index contributed by atoms with van der Waals surface area (Å²) in [5.41, 5.74) is 2.63. The molecule has 0 aliphatic carbocycles. The number of amides is 2. The summed E-state index contributed by atoms with van der Waals surface area (Å²) in [5, 5.41) is 2.36. The number of imide groups is 1. The Morgan fingerprint density at radius 2 is 1.74 bits per heavy atom. The second kappa shape index (κ2) is 4.24. The van der Waals surface area contributed by atoms with Crippen molar-refractivity contribution in [3.05, 3.63) is 59.4 Å². The Morgan fingerprint density at radius 1 is 1.00 bits per heavy atom. The van der Waals surface area contributed by atoms with E-state index in [2.05, 4.69) is 5.32 Å². The lowest BCUT2D eigenvalue weighted by molar-refractivity contribution is -0.114. The third-order valence-corrected chi connectivity index (χ3v) is 3.21. The Kier molecular flexibility index (Phi) is 2.56. The third kappa shape index (κ3) is 1.87. The highest BCUT2D eigenvalue weighted by Crippen LogP contribution is 2.25. The second-order valence-electron chi connectivity index (χ2n) is 4.43. The fraction of sp³-hybridized carbons (Fsp3) is 0.0667. The fourth-order valence-electron chi connectivity index (χ4n) is 2.19. The van der Waals surface area contributed by atoms with E-state index in [0.717, 1.165) is 5.69 Å². The van der Waals surface area contributed by atoms with E-state index in [0.29, 0.717) is 16.7 Å². The summed E-state index contributed by atoms with van der Waals surface area (Å²) in [5.74, 6) is -0.700. The first kappa shape index (κ1) is 11.5. The second-order valence-corrected chi connectivity index (χ2v) is 4.43. The summed E-state index contributed by atoms with van der Waals surface area (Å²) < 4.78 is 1.92. The van der Waals surface area contributed by atoms with Crippen LogP contribution in [0.1, 0.15) is 21.6 Å². The maximum Gasteiger partial charge on any atom is 0.258 e. The van der Waals surface area contributed by atoms with Crippen molar-refractivity contribution < 1.29 is 9.59 Å². The minimum Gasteiger partial charge on any atom is -0.351 e. The predicted molar refractivity (Wildman–Crippen MR) is 72.2 cm³/mol. The Morgan fingerprint density at radius 3 is 2.42 bits per heavy atom. The molecule has 19 heavy (non-hydrogen) atoms. The van der Waals surface area contributed by atoms with Gasteiger partial charge in [-0.2, -0.15) is 0 Å². The summed E-state index contributed by atoms with van der Waals surface area (Å²) >= 11 is 0. The Bertz CT molecular complexity index is 710. The van der Waals surface area contributed by atoms with E-state index in [1.165, 1.54) is 0 Å². The molecule has 0 fully saturated rings. The standard InChI is InChI=1S/C15H12N2O2/c1-17-8-4-5-10(17)9-13-11-6-2-3-7-12(11)14(18)16-15(13)19/h2-9H,1H3,(H,16,18,19). The lowest BCUT2D eigenvalue weighted by atomic mass is 9.94. The molecule has 1 aliphatic heterocycles. The summed E-state index contributed by atoms with van der Waals surface area (Å²) in [7, 11) is 1.91. The van der Waals surface area contributed by atoms with Gasteiger partial charge in [-0.1, -0.05) is 18.2 Å². The van der Waals surface area contributed by atoms with Gasteiger partial charge in [0.25, 0.3) is 11.8 Å². The number of hydrogen-bond acceptors (Lipinski definition) is 2. The van der Waals surface area contributed by atoms with Gasteiger partial charge in [-0.3, -0.25) is 14.9 Å². The smallest absolute Gasteiger partial charge is 0.258 e. The van der Waals surface area contributed by atoms with E-state index in [9.17, 15) is 9.59 Å². The Hall–Kier alpha value is -2.62. The van der Waals surface area contributed by atoms with Crippen LogP contribution < -0.4 is 5.32 Å². The molecule has 94 valence electrons. The maximum absolute atomic E-state index is 12.0. The Labute approximate surface area is 110 Å². The molecule has 4 heteroatoms. The fourth-order valence-corrected chi connectivity index (χ4v) is 2.19. The van der Waals surface area contributed by atoms with Crippen molar-refractivity contribution in [3.63, 3.8) is 0 Å². The lowest BCUT2D eigenvalue weighted by Gasteiger charge is -2.18. The van der Waals surface area contributed by atoms with Crippen LogP contribution in [0.5, 0.6) is 0 Å². The number of carbonyl (C=O) groups is 2. The van der Waals surface area contributed by atoms with Crippen molar-refractivity contribution >= 4 is 23.5 Å². The van der Waals surface area contributed by atoms with Crippen molar-refractivity contribution in [2.45, 2.75) is 0 Å². The molecule has 3 rings (SSSR count). The molecule has 1 aliphatic rings. The van der Waals surface area contributed by atoms with Gasteiger partial charge in [0.1, 0.15) is 0 Å². The molecule has 2 aromatic rings. The quantitative estimate of drug-likeness (QED) is 0.622. The maximum atomic E-state index is 12.0. The molecule has 0 saturated carbocycles. The normalized spacial score (nSPS) is 16.4. The number of aryl methyl sites for hydroxylation is 1. The van der Waals surface area contributed by atoms with Crippen LogP contribution in [0.25, 0.3) is 11.6 Å². The number of aromatic nitrogens is 1. The molecule has 2 heterocycles. The van der Waals surface area contributed by atoms with Gasteiger partial charge in [0.15, 0.2) is 0 Å². The average molecular weight is 252 g/mol. The molecule has 1 N–H and O–H groups in total. The minimum atomic E-state index is -0.357. The van der Waals surface area contributed by atoms with Crippen LogP contribution in [0, 0.1) is 0 Å². The first-order valence-electron chi connectivity index (χ1n) is 5.95. The largest absolute Gasteiger partial charge is 0.351 e. The van der Waals surface area contributed by atoms with E-state index in [1.54, 1.807) is 24.3 Å². The van der Waals surface area contributed by atoms with Crippen LogP contribution in [-0.4, -0.2) is 16.4 Å². The first-order chi connectivity index (χ1) is 9.16. The molecule has 0 atom stereocenters. The van der Waals surface area contributed by atoms with Crippen molar-refractivity contribution in [1.29, 1.82) is 0 Å². The Balaban J connectivity index is 2.19. The number of hydrogen-bond donors (Lipinski definition) is 1. The van der Waals surface area contributed by atoms with Gasteiger partial charge in [0, 0.05) is 35.6 Å². The number of nitrogens with zero attached hydrogens (tertiary/aromatic N) is 1. The lowest BCUT2D eigenvalue weighted by Crippen LogP contribution is -2.36. The van der Waals surface area contributed by atoms with Crippen LogP contribution in [0.2, 0.25) is 0 Å². The van der Waals surface area contributed by atoms with Gasteiger partial charge in [-0.05, 0) is 24.3 Å². The highest BCUT2D eigenvalue weighted by Gasteiger charge is 2.26. The SMILES string of the molecule is Cn1cccc1C=C1C(=O)NC(=O)c2ccccc21. The zero-order valence-corrected chi connectivity index (χ0v) is 10.4. The zero-order chi connectivity index (χ0) is 13.4. The van der Waals surface area contributed by atoms with Crippen LogP contribution in [0.4, 0.5) is 0 Å². The van der Waals surface area contributed by atoms with Crippen LogP contribution >= 0.6 is 0 Å². The molecule has 0 bridgehead atoms. The van der Waals surface area contributed by atoms with Gasteiger partial charge in [0.05, 0.1) is 0 Å². The van der Waals surface area contributed by atoms with Crippen LogP contribution in [-0.2, 0) is 11.8 Å². The molecule has 1 aromatic heterocycles. The van der Waals surface area contributed by atoms with E-state index < -0.39 is 0 Å². The number of carbonyl (C=O) groups excluding carboxylic acids is 2. The molecular weight excluding hydrogens is 240 g/mol. The molecule has 0 spiro atoms. The summed E-state index contributed by atoms with van der Waals surface area (Å²) in [4.78, 5) is 23.7. The molecule has 2 amide bonds. The predicted octanol–water partition coefficient (Wildman–Crippen LogP) is 1.84. The number of benzene rings is 1. The van der Waals surface area contributed by atoms with Crippen molar-refractivity contribution in [3.8, 4) is 0 Å². The van der Waals surface area contributed by atoms with E-state index >= 15 is 0 Å². The molecule has 1 aromatic carbocycles. The zero-order valence-electron chi connectivity index (χ0n) is 10.4. The summed E-state index contributed by atoms with van der Waals surface area (Å²) in [6.07, 6.45) is 3.70. The van der Waals surface area contributed by atoms with Crippen molar-refractivity contribution in [2.75, 3.05) is 0 Å². The van der Waals surface area contributed by atoms with Crippen molar-refractivity contribution in [2.24, 2.45) is 7.05 Å². The van der Waals surface area contributed by atoms with Crippen LogP contribution in [0.3, 0.4) is 0 Å².